The van der Waals surface area contributed by atoms with E-state index in [9.17, 15) is 19.5 Å². The Morgan fingerprint density at radius 3 is 2.57 bits per heavy atom. The molecule has 1 aromatic heterocycles. The Labute approximate surface area is 273 Å². The molecule has 0 spiro atoms. The number of thioether (sulfide) groups is 1. The highest BCUT2D eigenvalue weighted by atomic mass is 32.2. The highest BCUT2D eigenvalue weighted by Crippen LogP contribution is 2.40. The summed E-state index contributed by atoms with van der Waals surface area (Å²) in [5.41, 5.74) is 3.54. The molecule has 2 aliphatic rings. The number of carbonyl (C=O) groups is 3. The van der Waals surface area contributed by atoms with Crippen molar-refractivity contribution in [3.63, 3.8) is 0 Å². The van der Waals surface area contributed by atoms with Crippen LogP contribution in [0.4, 0.5) is 10.5 Å². The van der Waals surface area contributed by atoms with Crippen LogP contribution in [-0.2, 0) is 37.0 Å². The lowest BCUT2D eigenvalue weighted by Crippen LogP contribution is -2.42. The van der Waals surface area contributed by atoms with E-state index in [1.165, 1.54) is 11.3 Å². The van der Waals surface area contributed by atoms with E-state index < -0.39 is 30.2 Å². The Kier molecular flexibility index (Phi) is 10.0. The molecule has 46 heavy (non-hydrogen) atoms. The average Bonchev–Trinajstić information content (AvgIpc) is 3.63. The van der Waals surface area contributed by atoms with E-state index in [1.807, 2.05) is 67.6 Å². The van der Waals surface area contributed by atoms with E-state index in [4.69, 9.17) is 14.2 Å². The molecular weight excluding hydrogens is 629 g/mol. The number of anilines is 1. The zero-order valence-electron chi connectivity index (χ0n) is 24.9. The molecule has 4 aromatic rings. The van der Waals surface area contributed by atoms with Gasteiger partial charge in [0.2, 0.25) is 5.91 Å². The summed E-state index contributed by atoms with van der Waals surface area (Å²) in [5, 5.41) is 21.2. The number of rotatable bonds is 10. The Bertz CT molecular complexity index is 1680. The quantitative estimate of drug-likeness (QED) is 0.172. The minimum absolute atomic E-state index is 0.0428. The van der Waals surface area contributed by atoms with E-state index in [2.05, 4.69) is 15.5 Å². The monoisotopic (exact) mass is 660 g/mol. The third-order valence-corrected chi connectivity index (χ3v) is 9.67. The maximum Gasteiger partial charge on any atom is 0.408 e. The molecule has 2 fully saturated rings. The number of ether oxygens (including phenoxy) is 3. The number of benzene rings is 3. The molecule has 4 unspecified atom stereocenters. The molecule has 0 aliphatic carbocycles. The van der Waals surface area contributed by atoms with Gasteiger partial charge in [-0.3, -0.25) is 9.59 Å². The number of nitrogens with zero attached hydrogens (tertiary/aromatic N) is 3. The first-order valence-electron chi connectivity index (χ1n) is 14.7. The van der Waals surface area contributed by atoms with Crippen LogP contribution in [0.1, 0.15) is 52.5 Å². The zero-order valence-corrected chi connectivity index (χ0v) is 26.5. The first-order chi connectivity index (χ1) is 22.4. The number of amides is 3. The van der Waals surface area contributed by atoms with Gasteiger partial charge < -0.3 is 24.6 Å². The van der Waals surface area contributed by atoms with Crippen molar-refractivity contribution in [2.24, 2.45) is 0 Å². The van der Waals surface area contributed by atoms with Gasteiger partial charge in [0.25, 0.3) is 5.91 Å². The van der Waals surface area contributed by atoms with E-state index in [0.29, 0.717) is 23.4 Å². The summed E-state index contributed by atoms with van der Waals surface area (Å²) in [6.07, 6.45) is -1.66. The highest BCUT2D eigenvalue weighted by Gasteiger charge is 2.41. The van der Waals surface area contributed by atoms with Crippen molar-refractivity contribution in [1.82, 2.24) is 15.5 Å². The summed E-state index contributed by atoms with van der Waals surface area (Å²) < 4.78 is 19.0. The molecule has 11 nitrogen and oxygen atoms in total. The predicted molar refractivity (Wildman–Crippen MR) is 171 cm³/mol. The summed E-state index contributed by atoms with van der Waals surface area (Å²) in [6.45, 7) is 1.90. The molecule has 238 valence electrons. The number of nitrogens with one attached hydrogen (secondary N) is 1. The van der Waals surface area contributed by atoms with E-state index >= 15 is 0 Å². The fraction of sp³-hybridized carbons (Fsp3) is 0.303. The lowest BCUT2D eigenvalue weighted by molar-refractivity contribution is -0.245. The van der Waals surface area contributed by atoms with Crippen molar-refractivity contribution in [2.45, 2.75) is 61.9 Å². The van der Waals surface area contributed by atoms with Gasteiger partial charge in [-0.1, -0.05) is 89.8 Å². The Morgan fingerprint density at radius 2 is 1.83 bits per heavy atom. The van der Waals surface area contributed by atoms with Crippen LogP contribution in [-0.4, -0.2) is 51.1 Å². The maximum absolute atomic E-state index is 13.3. The summed E-state index contributed by atoms with van der Waals surface area (Å²) in [4.78, 5) is 39.8. The lowest BCUT2D eigenvalue weighted by Gasteiger charge is -2.36. The maximum atomic E-state index is 13.3. The lowest BCUT2D eigenvalue weighted by atomic mass is 10.0. The average molecular weight is 661 g/mol. The number of imide groups is 1. The van der Waals surface area contributed by atoms with Gasteiger partial charge in [0, 0.05) is 17.7 Å². The van der Waals surface area contributed by atoms with Gasteiger partial charge >= 0.3 is 6.09 Å². The molecule has 0 radical (unpaired) electrons. The molecular formula is C33H32N4O7S2. The van der Waals surface area contributed by atoms with Crippen LogP contribution in [0.5, 0.6) is 0 Å². The van der Waals surface area contributed by atoms with Gasteiger partial charge in [-0.25, -0.2) is 9.69 Å². The van der Waals surface area contributed by atoms with Crippen LogP contribution < -0.4 is 10.2 Å². The highest BCUT2D eigenvalue weighted by molar-refractivity contribution is 8.01. The van der Waals surface area contributed by atoms with Crippen molar-refractivity contribution in [3.8, 4) is 0 Å². The molecule has 3 aromatic carbocycles. The molecule has 3 heterocycles. The largest absolute Gasteiger partial charge is 0.445 e. The molecule has 2 N–H and O–H groups in total. The topological polar surface area (TPSA) is 140 Å². The van der Waals surface area contributed by atoms with Crippen molar-refractivity contribution in [2.75, 3.05) is 10.7 Å². The van der Waals surface area contributed by atoms with Crippen molar-refractivity contribution < 1.29 is 33.7 Å². The number of hydrogen-bond acceptors (Lipinski definition) is 11. The molecule has 0 saturated carbocycles. The number of aryl methyl sites for hydroxylation is 1. The second-order valence-electron chi connectivity index (χ2n) is 10.9. The minimum atomic E-state index is -1.04. The SMILES string of the molecule is Cc1nnc(SCC2CC(c3ccc(CO)cc3)OC(c3cccc(N4C(=O)CC(NC(=O)OCc5ccccc5)C4=O)c3)O2)s1. The number of alkyl carbamates (subject to hydrolysis) is 1. The van der Waals surface area contributed by atoms with Gasteiger partial charge in [0.15, 0.2) is 10.6 Å². The van der Waals surface area contributed by atoms with Crippen molar-refractivity contribution >= 4 is 46.7 Å². The summed E-state index contributed by atoms with van der Waals surface area (Å²) in [5.74, 6) is -0.367. The van der Waals surface area contributed by atoms with Crippen molar-refractivity contribution in [3.05, 3.63) is 106 Å². The van der Waals surface area contributed by atoms with Crippen molar-refractivity contribution in [1.29, 1.82) is 0 Å². The van der Waals surface area contributed by atoms with Crippen LogP contribution in [0.3, 0.4) is 0 Å². The van der Waals surface area contributed by atoms with Crippen LogP contribution in [0.15, 0.2) is 83.2 Å². The van der Waals surface area contributed by atoms with Crippen LogP contribution in [0, 0.1) is 6.92 Å². The fourth-order valence-electron chi connectivity index (χ4n) is 5.26. The predicted octanol–water partition coefficient (Wildman–Crippen LogP) is 5.23. The van der Waals surface area contributed by atoms with E-state index in [0.717, 1.165) is 30.9 Å². The van der Waals surface area contributed by atoms with Gasteiger partial charge in [0.05, 0.1) is 30.9 Å². The van der Waals surface area contributed by atoms with E-state index in [1.54, 1.807) is 30.0 Å². The standard InChI is InChI=1S/C33H32N4O7S2/c1-20-35-36-33(46-20)45-19-26-15-28(23-12-10-21(17-38)11-13-23)44-31(43-26)24-8-5-9-25(14-24)37-29(39)16-27(30(37)40)34-32(41)42-18-22-6-3-2-4-7-22/h2-14,26-28,31,38H,15-19H2,1H3,(H,34,41). The smallest absolute Gasteiger partial charge is 0.408 e. The molecule has 13 heteroatoms. The summed E-state index contributed by atoms with van der Waals surface area (Å²) >= 11 is 3.09. The molecule has 4 atom stereocenters. The Morgan fingerprint density at radius 1 is 1.02 bits per heavy atom. The summed E-state index contributed by atoms with van der Waals surface area (Å²) in [7, 11) is 0. The van der Waals surface area contributed by atoms with Crippen LogP contribution in [0.2, 0.25) is 0 Å². The molecule has 0 bridgehead atoms. The first kappa shape index (κ1) is 31.8. The Hall–Kier alpha value is -4.14. The summed E-state index contributed by atoms with van der Waals surface area (Å²) in [6, 6.07) is 22.7. The van der Waals surface area contributed by atoms with Gasteiger partial charge in [-0.05, 0) is 35.7 Å². The third kappa shape index (κ3) is 7.62. The second-order valence-corrected chi connectivity index (χ2v) is 13.3. The number of aliphatic hydroxyl groups excluding tert-OH is 1. The number of hydrogen-bond donors (Lipinski definition) is 2. The second kappa shape index (κ2) is 14.5. The number of carbonyl (C=O) groups excluding carboxylic acids is 3. The Balaban J connectivity index is 1.16. The minimum Gasteiger partial charge on any atom is -0.445 e. The van der Waals surface area contributed by atoms with Gasteiger partial charge in [-0.15, -0.1) is 10.2 Å². The number of aliphatic hydroxyl groups is 1. The number of aromatic nitrogens is 2. The van der Waals surface area contributed by atoms with E-state index in [-0.39, 0.29) is 31.8 Å². The molecule has 3 amide bonds. The fourth-order valence-corrected chi connectivity index (χ4v) is 7.12. The molecule has 2 aliphatic heterocycles. The zero-order chi connectivity index (χ0) is 32.0. The van der Waals surface area contributed by atoms with Crippen LogP contribution in [0.25, 0.3) is 0 Å². The normalized spacial score (nSPS) is 21.4. The first-order valence-corrected chi connectivity index (χ1v) is 16.5. The van der Waals surface area contributed by atoms with Crippen LogP contribution >= 0.6 is 23.1 Å². The molecule has 2 saturated heterocycles. The van der Waals surface area contributed by atoms with Gasteiger partial charge in [0.1, 0.15) is 17.7 Å². The van der Waals surface area contributed by atoms with Gasteiger partial charge in [-0.2, -0.15) is 0 Å². The third-order valence-electron chi connectivity index (χ3n) is 7.57. The molecule has 6 rings (SSSR count).